The third-order valence-corrected chi connectivity index (χ3v) is 21.0. The van der Waals surface area contributed by atoms with E-state index in [9.17, 15) is 0 Å². The van der Waals surface area contributed by atoms with Gasteiger partial charge < -0.3 is 8.85 Å². The Morgan fingerprint density at radius 1 is 0.952 bits per heavy atom. The van der Waals surface area contributed by atoms with Crippen molar-refractivity contribution < 1.29 is 13.1 Å². The maximum atomic E-state index is 15.3. The zero-order valence-electron chi connectivity index (χ0n) is 28.9. The molecule has 0 aliphatic rings. The Bertz CT molecular complexity index is 1100. The minimum absolute atomic E-state index is 0.00313. The van der Waals surface area contributed by atoms with Crippen LogP contribution in [-0.2, 0) is 18.6 Å². The number of benzene rings is 1. The molecule has 1 rings (SSSR count). The summed E-state index contributed by atoms with van der Waals surface area (Å²) in [5, 5.41) is 0.00313. The second-order valence-electron chi connectivity index (χ2n) is 13.4. The summed E-state index contributed by atoms with van der Waals surface area (Å²) >= 11 is 0. The van der Waals surface area contributed by atoms with Crippen molar-refractivity contribution in [3.63, 3.8) is 0 Å². The topological polar surface area (TPSA) is 47.9 Å². The largest absolute Gasteiger partial charge is 0.413 e. The summed E-state index contributed by atoms with van der Waals surface area (Å²) in [6.45, 7) is 30.7. The molecule has 0 heterocycles. The predicted molar refractivity (Wildman–Crippen MR) is 191 cm³/mol. The van der Waals surface area contributed by atoms with Crippen LogP contribution in [0.5, 0.6) is 0 Å². The van der Waals surface area contributed by atoms with Gasteiger partial charge in [0.15, 0.2) is 16.6 Å². The van der Waals surface area contributed by atoms with Crippen molar-refractivity contribution in [2.24, 2.45) is 16.2 Å². The molecule has 1 aromatic rings. The number of allylic oxidation sites excluding steroid dienone is 2. The molecule has 0 aromatic heterocycles. The van der Waals surface area contributed by atoms with Crippen LogP contribution in [0.4, 0.5) is 0 Å². The van der Waals surface area contributed by atoms with Gasteiger partial charge >= 0.3 is 0 Å². The van der Waals surface area contributed by atoms with Gasteiger partial charge in [0.05, 0.1) is 22.0 Å². The first-order valence-corrected chi connectivity index (χ1v) is 23.1. The van der Waals surface area contributed by atoms with Gasteiger partial charge in [-0.2, -0.15) is 0 Å². The summed E-state index contributed by atoms with van der Waals surface area (Å²) in [4.78, 5) is 1.53. The summed E-state index contributed by atoms with van der Waals surface area (Å²) < 4.78 is 34.4. The molecule has 0 N–H and O–H groups in total. The predicted octanol–water partition coefficient (Wildman–Crippen LogP) is 11.0. The fraction of sp³-hybridized carbons (Fsp3) is 0.657. The molecule has 0 aliphatic heterocycles. The maximum Gasteiger partial charge on any atom is 0.192 e. The van der Waals surface area contributed by atoms with Crippen LogP contribution < -0.4 is 0 Å². The van der Waals surface area contributed by atoms with Gasteiger partial charge in [-0.05, 0) is 80.0 Å². The minimum atomic E-state index is -2.95. The van der Waals surface area contributed by atoms with Crippen molar-refractivity contribution in [2.75, 3.05) is 7.05 Å². The van der Waals surface area contributed by atoms with Crippen LogP contribution in [0.3, 0.4) is 0 Å². The molecule has 0 spiro atoms. The Morgan fingerprint density at radius 3 is 1.90 bits per heavy atom. The first-order valence-electron chi connectivity index (χ1n) is 16.1. The highest BCUT2D eigenvalue weighted by Gasteiger charge is 2.42. The molecular weight excluding hydrogens is 571 g/mol. The molecule has 0 aliphatic carbocycles. The van der Waals surface area contributed by atoms with Gasteiger partial charge in [0.2, 0.25) is 0 Å². The van der Waals surface area contributed by atoms with Crippen LogP contribution in [0.15, 0.2) is 75.9 Å². The number of rotatable bonds is 19. The molecule has 0 bridgehead atoms. The highest BCUT2D eigenvalue weighted by atomic mass is 32.2. The van der Waals surface area contributed by atoms with E-state index in [0.29, 0.717) is 6.42 Å². The summed E-state index contributed by atoms with van der Waals surface area (Å²) in [5.41, 5.74) is 0. The van der Waals surface area contributed by atoms with Gasteiger partial charge in [-0.1, -0.05) is 91.8 Å². The van der Waals surface area contributed by atoms with E-state index in [1.54, 1.807) is 7.05 Å². The molecule has 1 unspecified atom stereocenters. The highest BCUT2D eigenvalue weighted by Crippen LogP contribution is 2.41. The maximum absolute atomic E-state index is 15.3. The molecule has 240 valence electrons. The quantitative estimate of drug-likeness (QED) is 0.112. The Balaban J connectivity index is 4.09. The molecule has 0 saturated heterocycles. The van der Waals surface area contributed by atoms with Crippen LogP contribution in [0, 0.1) is 11.8 Å². The number of hydrogen-bond donors (Lipinski definition) is 0. The fourth-order valence-electron chi connectivity index (χ4n) is 5.24. The van der Waals surface area contributed by atoms with Crippen molar-refractivity contribution in [2.45, 2.75) is 134 Å². The van der Waals surface area contributed by atoms with E-state index in [-0.39, 0.29) is 29.1 Å². The lowest BCUT2D eigenvalue weighted by molar-refractivity contribution is 0.110. The summed E-state index contributed by atoms with van der Waals surface area (Å²) in [5.74, 6) is 0.327. The molecular formula is C35H63NO3SSi2. The van der Waals surface area contributed by atoms with E-state index >= 15 is 4.21 Å². The van der Waals surface area contributed by atoms with Crippen molar-refractivity contribution >= 4 is 26.4 Å². The van der Waals surface area contributed by atoms with Crippen molar-refractivity contribution in [3.05, 3.63) is 66.6 Å². The first kappa shape index (κ1) is 38.8. The van der Waals surface area contributed by atoms with Gasteiger partial charge in [0.1, 0.15) is 9.73 Å². The fourth-order valence-corrected chi connectivity index (χ4v) is 11.6. The molecule has 42 heavy (non-hydrogen) atoms. The van der Waals surface area contributed by atoms with Gasteiger partial charge in [0, 0.05) is 13.0 Å². The van der Waals surface area contributed by atoms with E-state index in [2.05, 4.69) is 92.1 Å². The monoisotopic (exact) mass is 633 g/mol. The van der Waals surface area contributed by atoms with Crippen LogP contribution in [0.25, 0.3) is 0 Å². The average Bonchev–Trinajstić information content (AvgIpc) is 2.96. The third-order valence-electron chi connectivity index (χ3n) is 9.38. The zero-order chi connectivity index (χ0) is 32.2. The summed E-state index contributed by atoms with van der Waals surface area (Å²) in [6.07, 6.45) is 9.13. The SMILES string of the molecule is C=CCC[C@H](O[Si](C)(C)C(C)(C)C)/C(=C\[C@@H](C(C)C)[C@H](CCC=C)O[Si](CC)(CC)CC)S(=O)(=NC)c1ccccc1. The third kappa shape index (κ3) is 10.1. The lowest BCUT2D eigenvalue weighted by Crippen LogP contribution is -2.45. The van der Waals surface area contributed by atoms with E-state index in [4.69, 9.17) is 8.85 Å². The summed E-state index contributed by atoms with van der Waals surface area (Å²) in [6, 6.07) is 13.0. The van der Waals surface area contributed by atoms with Gasteiger partial charge in [-0.15, -0.1) is 13.2 Å². The molecule has 1 aromatic carbocycles. The summed E-state index contributed by atoms with van der Waals surface area (Å²) in [7, 11) is -5.41. The van der Waals surface area contributed by atoms with Gasteiger partial charge in [-0.25, -0.2) is 8.57 Å². The Morgan fingerprint density at radius 2 is 1.48 bits per heavy atom. The smallest absolute Gasteiger partial charge is 0.192 e. The lowest BCUT2D eigenvalue weighted by atomic mass is 9.87. The van der Waals surface area contributed by atoms with E-state index in [0.717, 1.165) is 47.2 Å². The Labute approximate surface area is 262 Å². The van der Waals surface area contributed by atoms with E-state index in [1.165, 1.54) is 0 Å². The van der Waals surface area contributed by atoms with Crippen molar-refractivity contribution in [1.82, 2.24) is 0 Å². The van der Waals surface area contributed by atoms with Gasteiger partial charge in [0.25, 0.3) is 0 Å². The van der Waals surface area contributed by atoms with Crippen LogP contribution in [-0.4, -0.2) is 40.1 Å². The lowest BCUT2D eigenvalue weighted by Gasteiger charge is -2.41. The molecule has 4 nitrogen and oxygen atoms in total. The van der Waals surface area contributed by atoms with Crippen LogP contribution in [0.2, 0.25) is 36.3 Å². The normalized spacial score (nSPS) is 16.9. The van der Waals surface area contributed by atoms with E-state index in [1.807, 2.05) is 42.5 Å². The highest BCUT2D eigenvalue weighted by molar-refractivity contribution is 7.97. The number of nitrogens with zero attached hydrogens (tertiary/aromatic N) is 1. The molecule has 0 amide bonds. The number of hydrogen-bond acceptors (Lipinski definition) is 4. The van der Waals surface area contributed by atoms with Crippen LogP contribution in [0.1, 0.15) is 81.1 Å². The minimum Gasteiger partial charge on any atom is -0.413 e. The average molecular weight is 634 g/mol. The van der Waals surface area contributed by atoms with Crippen LogP contribution >= 0.6 is 0 Å². The second-order valence-corrected chi connectivity index (χ2v) is 25.2. The van der Waals surface area contributed by atoms with E-state index < -0.39 is 26.4 Å². The molecule has 7 heteroatoms. The molecule has 0 saturated carbocycles. The second kappa shape index (κ2) is 17.3. The standard InChI is InChI=1S/C35H63NO3SSi2/c1-14-19-26-32(39-42(16-3,17-4)18-5)31(29(6)7)28-34(40(37,36-11)30-24-22-21-23-25-30)33(27-20-15-2)38-41(12,13)35(8,9)10/h14-15,21-25,28-29,31-33H,1-2,16-20,26-27H2,3-13H3/b34-28+/t31-,32-,33-,40?/m0/s1. The Hall–Kier alpha value is -1.26. The van der Waals surface area contributed by atoms with Crippen molar-refractivity contribution in [3.8, 4) is 0 Å². The van der Waals surface area contributed by atoms with Gasteiger partial charge in [-0.3, -0.25) is 0 Å². The first-order chi connectivity index (χ1) is 19.6. The zero-order valence-corrected chi connectivity index (χ0v) is 31.7. The molecule has 4 atom stereocenters. The molecule has 0 fully saturated rings. The Kier molecular flexibility index (Phi) is 16.0. The molecule has 0 radical (unpaired) electrons. The van der Waals surface area contributed by atoms with Crippen molar-refractivity contribution in [1.29, 1.82) is 0 Å².